The molecule has 3 atom stereocenters. The van der Waals surface area contributed by atoms with Gasteiger partial charge in [0.1, 0.15) is 0 Å². The lowest BCUT2D eigenvalue weighted by atomic mass is 10.0. The van der Waals surface area contributed by atoms with E-state index in [1.54, 1.807) is 0 Å². The van der Waals surface area contributed by atoms with Gasteiger partial charge in [-0.25, -0.2) is 0 Å². The zero-order chi connectivity index (χ0) is 11.0. The van der Waals surface area contributed by atoms with E-state index in [2.05, 4.69) is 10.2 Å². The van der Waals surface area contributed by atoms with Crippen LogP contribution in [0.1, 0.15) is 12.8 Å². The first kappa shape index (κ1) is 10.5. The third-order valence-corrected chi connectivity index (χ3v) is 4.21. The quantitative estimate of drug-likeness (QED) is 0.686. The fourth-order valence-electron chi connectivity index (χ4n) is 3.23. The van der Waals surface area contributed by atoms with Crippen molar-refractivity contribution in [2.24, 2.45) is 17.8 Å². The van der Waals surface area contributed by atoms with Crippen molar-refractivity contribution in [2.45, 2.75) is 12.8 Å². The molecular formula is C12H20N2O2. The predicted octanol–water partition coefficient (Wildman–Crippen LogP) is 0.0908. The highest BCUT2D eigenvalue weighted by Crippen LogP contribution is 2.28. The number of ether oxygens (including phenoxy) is 1. The Balaban J connectivity index is 1.59. The summed E-state index contributed by atoms with van der Waals surface area (Å²) in [5.41, 5.74) is 0. The minimum absolute atomic E-state index is 0.139. The lowest BCUT2D eigenvalue weighted by Crippen LogP contribution is -2.39. The molecule has 3 rings (SSSR count). The Morgan fingerprint density at radius 3 is 2.62 bits per heavy atom. The maximum absolute atomic E-state index is 12.3. The standard InChI is InChI=1S/C12H20N2O2/c15-12(9-2-1-3-16-8-9)14-6-10-4-13-5-11(10)7-14/h9-11,13H,1-8H2. The maximum Gasteiger partial charge on any atom is 0.228 e. The van der Waals surface area contributed by atoms with E-state index in [4.69, 9.17) is 4.74 Å². The van der Waals surface area contributed by atoms with Gasteiger partial charge in [-0.2, -0.15) is 0 Å². The number of amides is 1. The molecule has 0 aromatic carbocycles. The second-order valence-corrected chi connectivity index (χ2v) is 5.34. The Bertz CT molecular complexity index is 264. The van der Waals surface area contributed by atoms with Crippen LogP contribution in [-0.4, -0.2) is 50.2 Å². The van der Waals surface area contributed by atoms with E-state index >= 15 is 0 Å². The highest BCUT2D eigenvalue weighted by molar-refractivity contribution is 5.79. The van der Waals surface area contributed by atoms with Crippen LogP contribution in [0.5, 0.6) is 0 Å². The Kier molecular flexibility index (Phi) is 2.86. The van der Waals surface area contributed by atoms with Crippen molar-refractivity contribution < 1.29 is 9.53 Å². The zero-order valence-corrected chi connectivity index (χ0v) is 9.65. The topological polar surface area (TPSA) is 41.6 Å². The second kappa shape index (κ2) is 4.34. The van der Waals surface area contributed by atoms with Gasteiger partial charge in [-0.15, -0.1) is 0 Å². The molecule has 0 aliphatic carbocycles. The molecule has 0 bridgehead atoms. The second-order valence-electron chi connectivity index (χ2n) is 5.34. The summed E-state index contributed by atoms with van der Waals surface area (Å²) in [5.74, 6) is 1.89. The average molecular weight is 224 g/mol. The van der Waals surface area contributed by atoms with E-state index in [0.717, 1.165) is 45.6 Å². The number of fused-ring (bicyclic) bond motifs is 1. The van der Waals surface area contributed by atoms with Gasteiger partial charge < -0.3 is 15.0 Å². The van der Waals surface area contributed by atoms with Gasteiger partial charge in [-0.3, -0.25) is 4.79 Å². The van der Waals surface area contributed by atoms with Crippen molar-refractivity contribution in [3.8, 4) is 0 Å². The molecule has 1 amide bonds. The van der Waals surface area contributed by atoms with Gasteiger partial charge in [0.05, 0.1) is 12.5 Å². The lowest BCUT2D eigenvalue weighted by Gasteiger charge is -2.26. The molecule has 3 aliphatic rings. The van der Waals surface area contributed by atoms with Crippen LogP contribution >= 0.6 is 0 Å². The molecule has 4 nitrogen and oxygen atoms in total. The summed E-state index contributed by atoms with van der Waals surface area (Å²) in [6.07, 6.45) is 2.06. The number of hydrogen-bond donors (Lipinski definition) is 1. The van der Waals surface area contributed by atoms with Gasteiger partial charge in [0.15, 0.2) is 0 Å². The fourth-order valence-corrected chi connectivity index (χ4v) is 3.23. The van der Waals surface area contributed by atoms with E-state index in [9.17, 15) is 4.79 Å². The van der Waals surface area contributed by atoms with Crippen molar-refractivity contribution >= 4 is 5.91 Å². The van der Waals surface area contributed by atoms with Crippen LogP contribution in [0.2, 0.25) is 0 Å². The SMILES string of the molecule is O=C(C1CCCOC1)N1CC2CNCC2C1. The number of rotatable bonds is 1. The fraction of sp³-hybridized carbons (Fsp3) is 0.917. The minimum Gasteiger partial charge on any atom is -0.381 e. The van der Waals surface area contributed by atoms with E-state index in [1.807, 2.05) is 0 Å². The van der Waals surface area contributed by atoms with Crippen LogP contribution < -0.4 is 5.32 Å². The van der Waals surface area contributed by atoms with Gasteiger partial charge >= 0.3 is 0 Å². The van der Waals surface area contributed by atoms with Gasteiger partial charge in [0.25, 0.3) is 0 Å². The largest absolute Gasteiger partial charge is 0.381 e. The molecule has 3 saturated heterocycles. The number of nitrogens with one attached hydrogen (secondary N) is 1. The molecule has 3 unspecified atom stereocenters. The molecule has 16 heavy (non-hydrogen) atoms. The molecule has 0 aromatic rings. The van der Waals surface area contributed by atoms with Crippen molar-refractivity contribution in [3.05, 3.63) is 0 Å². The van der Waals surface area contributed by atoms with Gasteiger partial charge in [0, 0.05) is 32.8 Å². The molecule has 3 heterocycles. The van der Waals surface area contributed by atoms with E-state index in [0.29, 0.717) is 24.3 Å². The first-order chi connectivity index (χ1) is 7.84. The molecule has 0 aromatic heterocycles. The first-order valence-electron chi connectivity index (χ1n) is 6.42. The molecule has 90 valence electrons. The van der Waals surface area contributed by atoms with E-state index in [-0.39, 0.29) is 5.92 Å². The maximum atomic E-state index is 12.3. The highest BCUT2D eigenvalue weighted by atomic mass is 16.5. The molecule has 0 radical (unpaired) electrons. The smallest absolute Gasteiger partial charge is 0.228 e. The van der Waals surface area contributed by atoms with Crippen LogP contribution in [-0.2, 0) is 9.53 Å². The van der Waals surface area contributed by atoms with E-state index < -0.39 is 0 Å². The van der Waals surface area contributed by atoms with Crippen molar-refractivity contribution in [1.82, 2.24) is 10.2 Å². The van der Waals surface area contributed by atoms with Crippen LogP contribution in [0, 0.1) is 17.8 Å². The van der Waals surface area contributed by atoms with Gasteiger partial charge in [0.2, 0.25) is 5.91 Å². The van der Waals surface area contributed by atoms with Crippen LogP contribution in [0.15, 0.2) is 0 Å². The average Bonchev–Trinajstić information content (AvgIpc) is 2.89. The molecule has 1 N–H and O–H groups in total. The first-order valence-corrected chi connectivity index (χ1v) is 6.42. The minimum atomic E-state index is 0.139. The van der Waals surface area contributed by atoms with Crippen molar-refractivity contribution in [2.75, 3.05) is 39.4 Å². The molecule has 3 aliphatic heterocycles. The zero-order valence-electron chi connectivity index (χ0n) is 9.65. The highest BCUT2D eigenvalue weighted by Gasteiger charge is 2.39. The van der Waals surface area contributed by atoms with Gasteiger partial charge in [-0.1, -0.05) is 0 Å². The van der Waals surface area contributed by atoms with Crippen LogP contribution in [0.3, 0.4) is 0 Å². The third kappa shape index (κ3) is 1.84. The summed E-state index contributed by atoms with van der Waals surface area (Å²) in [4.78, 5) is 14.3. The summed E-state index contributed by atoms with van der Waals surface area (Å²) in [6.45, 7) is 5.59. The van der Waals surface area contributed by atoms with Gasteiger partial charge in [-0.05, 0) is 24.7 Å². The number of carbonyl (C=O) groups excluding carboxylic acids is 1. The number of likely N-dealkylation sites (tertiary alicyclic amines) is 1. The van der Waals surface area contributed by atoms with Crippen molar-refractivity contribution in [1.29, 1.82) is 0 Å². The van der Waals surface area contributed by atoms with E-state index in [1.165, 1.54) is 0 Å². The summed E-state index contributed by atoms with van der Waals surface area (Å²) < 4.78 is 5.40. The Hall–Kier alpha value is -0.610. The number of carbonyl (C=O) groups is 1. The predicted molar refractivity (Wildman–Crippen MR) is 60.0 cm³/mol. The molecular weight excluding hydrogens is 204 g/mol. The van der Waals surface area contributed by atoms with Crippen LogP contribution in [0.4, 0.5) is 0 Å². The Morgan fingerprint density at radius 1 is 1.25 bits per heavy atom. The summed E-state index contributed by atoms with van der Waals surface area (Å²) in [6, 6.07) is 0. The monoisotopic (exact) mass is 224 g/mol. The van der Waals surface area contributed by atoms with Crippen molar-refractivity contribution in [3.63, 3.8) is 0 Å². The summed E-state index contributed by atoms with van der Waals surface area (Å²) >= 11 is 0. The summed E-state index contributed by atoms with van der Waals surface area (Å²) in [5, 5.41) is 3.40. The lowest BCUT2D eigenvalue weighted by molar-refractivity contribution is -0.138. The normalized spacial score (nSPS) is 38.8. The number of hydrogen-bond acceptors (Lipinski definition) is 3. The Labute approximate surface area is 96.3 Å². The summed E-state index contributed by atoms with van der Waals surface area (Å²) in [7, 11) is 0. The number of nitrogens with zero attached hydrogens (tertiary/aromatic N) is 1. The third-order valence-electron chi connectivity index (χ3n) is 4.21. The van der Waals surface area contributed by atoms with Crippen LogP contribution in [0.25, 0.3) is 0 Å². The molecule has 3 fully saturated rings. The Morgan fingerprint density at radius 2 is 2.00 bits per heavy atom. The molecule has 4 heteroatoms. The molecule has 0 spiro atoms. The molecule has 0 saturated carbocycles.